The van der Waals surface area contributed by atoms with Gasteiger partial charge in [-0.05, 0) is 46.3 Å². The zero-order valence-corrected chi connectivity index (χ0v) is 12.4. The molecule has 1 N–H and O–H groups in total. The number of anilines is 1. The van der Waals surface area contributed by atoms with E-state index in [9.17, 15) is 12.8 Å². The van der Waals surface area contributed by atoms with Crippen LogP contribution in [0.15, 0.2) is 45.9 Å². The van der Waals surface area contributed by atoms with Gasteiger partial charge >= 0.3 is 0 Å². The lowest BCUT2D eigenvalue weighted by atomic mass is 10.3. The molecule has 0 bridgehead atoms. The summed E-state index contributed by atoms with van der Waals surface area (Å²) < 4.78 is 39.6. The third kappa shape index (κ3) is 3.43. The van der Waals surface area contributed by atoms with Crippen LogP contribution >= 0.6 is 27.5 Å². The van der Waals surface area contributed by atoms with Crippen LogP contribution in [0.5, 0.6) is 0 Å². The highest BCUT2D eigenvalue weighted by Crippen LogP contribution is 2.25. The van der Waals surface area contributed by atoms with Gasteiger partial charge in [0, 0.05) is 10.7 Å². The van der Waals surface area contributed by atoms with E-state index in [1.165, 1.54) is 18.2 Å². The lowest BCUT2D eigenvalue weighted by molar-refractivity contribution is 0.600. The molecule has 0 saturated carbocycles. The number of rotatable bonds is 3. The zero-order valence-electron chi connectivity index (χ0n) is 9.27. The van der Waals surface area contributed by atoms with E-state index in [1.54, 1.807) is 0 Å². The van der Waals surface area contributed by atoms with E-state index in [-0.39, 0.29) is 15.7 Å². The molecule has 0 unspecified atom stereocenters. The second kappa shape index (κ2) is 5.44. The fraction of sp³-hybridized carbons (Fsp3) is 0. The van der Waals surface area contributed by atoms with Gasteiger partial charge < -0.3 is 0 Å². The molecule has 0 radical (unpaired) electrons. The van der Waals surface area contributed by atoms with E-state index in [4.69, 9.17) is 11.6 Å². The molecule has 0 aliphatic heterocycles. The molecule has 2 rings (SSSR count). The summed E-state index contributed by atoms with van der Waals surface area (Å²) in [6.45, 7) is 0. The molecule has 2 aromatic rings. The van der Waals surface area contributed by atoms with Crippen LogP contribution in [0.3, 0.4) is 0 Å². The topological polar surface area (TPSA) is 59.1 Å². The Bertz CT molecular complexity index is 707. The fourth-order valence-electron chi connectivity index (χ4n) is 1.30. The van der Waals surface area contributed by atoms with Crippen molar-refractivity contribution in [2.45, 2.75) is 4.90 Å². The average molecular weight is 366 g/mol. The highest BCUT2D eigenvalue weighted by molar-refractivity contribution is 9.10. The molecule has 0 fully saturated rings. The summed E-state index contributed by atoms with van der Waals surface area (Å²) in [6.07, 6.45) is 1.14. The molecular weight excluding hydrogens is 359 g/mol. The molecule has 0 spiro atoms. The Morgan fingerprint density at radius 2 is 2.00 bits per heavy atom. The minimum absolute atomic E-state index is 0.0341. The first-order valence-corrected chi connectivity index (χ1v) is 7.63. The van der Waals surface area contributed by atoms with Crippen LogP contribution in [0.25, 0.3) is 0 Å². The van der Waals surface area contributed by atoms with Crippen molar-refractivity contribution in [1.82, 2.24) is 4.98 Å². The maximum Gasteiger partial charge on any atom is 0.263 e. The molecule has 19 heavy (non-hydrogen) atoms. The summed E-state index contributed by atoms with van der Waals surface area (Å²) in [5.41, 5.74) is 0.233. The molecule has 0 aliphatic rings. The smallest absolute Gasteiger partial charge is 0.263 e. The van der Waals surface area contributed by atoms with Gasteiger partial charge in [-0.1, -0.05) is 11.6 Å². The Labute approximate surface area is 122 Å². The molecule has 1 heterocycles. The zero-order chi connectivity index (χ0) is 14.0. The predicted octanol–water partition coefficient (Wildman–Crippen LogP) is 3.44. The first-order valence-electron chi connectivity index (χ1n) is 4.98. The Kier molecular flexibility index (Phi) is 4.07. The van der Waals surface area contributed by atoms with E-state index in [2.05, 4.69) is 25.6 Å². The number of nitrogens with one attached hydrogen (secondary N) is 1. The van der Waals surface area contributed by atoms with Crippen molar-refractivity contribution in [3.63, 3.8) is 0 Å². The van der Waals surface area contributed by atoms with Crippen LogP contribution in [-0.4, -0.2) is 13.4 Å². The lowest BCUT2D eigenvalue weighted by Gasteiger charge is -2.09. The molecular formula is C11H7BrClFN2O2S. The highest BCUT2D eigenvalue weighted by Gasteiger charge is 2.16. The Balaban J connectivity index is 2.33. The van der Waals surface area contributed by atoms with Crippen LogP contribution < -0.4 is 4.72 Å². The summed E-state index contributed by atoms with van der Waals surface area (Å²) >= 11 is 8.67. The van der Waals surface area contributed by atoms with E-state index in [0.29, 0.717) is 4.47 Å². The van der Waals surface area contributed by atoms with Gasteiger partial charge in [0.15, 0.2) is 0 Å². The number of halogens is 3. The number of nitrogens with zero attached hydrogens (tertiary/aromatic N) is 1. The monoisotopic (exact) mass is 364 g/mol. The third-order valence-electron chi connectivity index (χ3n) is 2.19. The predicted molar refractivity (Wildman–Crippen MR) is 74.2 cm³/mol. The Hall–Kier alpha value is -1.18. The molecule has 100 valence electrons. The van der Waals surface area contributed by atoms with Crippen LogP contribution in [0.2, 0.25) is 5.15 Å². The number of pyridine rings is 1. The van der Waals surface area contributed by atoms with Gasteiger partial charge in [0.1, 0.15) is 15.9 Å². The molecule has 0 saturated heterocycles. The van der Waals surface area contributed by atoms with Crippen molar-refractivity contribution >= 4 is 43.2 Å². The molecule has 1 aromatic heterocycles. The SMILES string of the molecule is O=S(=O)(Nc1ccc(F)cc1Br)c1ccc(Cl)nc1. The standard InChI is InChI=1S/C11H7BrClFN2O2S/c12-9-5-7(14)1-3-10(9)16-19(17,18)8-2-4-11(13)15-6-8/h1-6,16H. The van der Waals surface area contributed by atoms with Gasteiger partial charge in [0.25, 0.3) is 10.0 Å². The lowest BCUT2D eigenvalue weighted by Crippen LogP contribution is -2.13. The van der Waals surface area contributed by atoms with Crippen molar-refractivity contribution in [3.8, 4) is 0 Å². The largest absolute Gasteiger partial charge is 0.278 e. The average Bonchev–Trinajstić information content (AvgIpc) is 2.33. The van der Waals surface area contributed by atoms with Gasteiger partial charge in [-0.25, -0.2) is 17.8 Å². The summed E-state index contributed by atoms with van der Waals surface area (Å²) in [7, 11) is -3.79. The van der Waals surface area contributed by atoms with Crippen molar-refractivity contribution < 1.29 is 12.8 Å². The van der Waals surface area contributed by atoms with Gasteiger partial charge in [-0.2, -0.15) is 0 Å². The minimum atomic E-state index is -3.79. The normalized spacial score (nSPS) is 11.3. The Morgan fingerprint density at radius 1 is 1.26 bits per heavy atom. The van der Waals surface area contributed by atoms with E-state index in [0.717, 1.165) is 18.3 Å². The number of aromatic nitrogens is 1. The Morgan fingerprint density at radius 3 is 2.58 bits per heavy atom. The minimum Gasteiger partial charge on any atom is -0.278 e. The first-order chi connectivity index (χ1) is 8.88. The summed E-state index contributed by atoms with van der Waals surface area (Å²) in [5, 5.41) is 0.196. The molecule has 0 aliphatic carbocycles. The molecule has 0 amide bonds. The van der Waals surface area contributed by atoms with Gasteiger partial charge in [-0.15, -0.1) is 0 Å². The second-order valence-corrected chi connectivity index (χ2v) is 6.47. The van der Waals surface area contributed by atoms with Gasteiger partial charge in [-0.3, -0.25) is 4.72 Å². The molecule has 4 nitrogen and oxygen atoms in total. The molecule has 0 atom stereocenters. The number of hydrogen-bond donors (Lipinski definition) is 1. The third-order valence-corrected chi connectivity index (χ3v) is 4.42. The van der Waals surface area contributed by atoms with Crippen molar-refractivity contribution in [2.24, 2.45) is 0 Å². The molecule has 1 aromatic carbocycles. The van der Waals surface area contributed by atoms with Crippen LogP contribution in [-0.2, 0) is 10.0 Å². The fourth-order valence-corrected chi connectivity index (χ4v) is 3.01. The number of hydrogen-bond acceptors (Lipinski definition) is 3. The highest BCUT2D eigenvalue weighted by atomic mass is 79.9. The van der Waals surface area contributed by atoms with Crippen molar-refractivity contribution in [3.05, 3.63) is 52.0 Å². The number of benzene rings is 1. The second-order valence-electron chi connectivity index (χ2n) is 3.55. The summed E-state index contributed by atoms with van der Waals surface area (Å²) in [5.74, 6) is -0.469. The van der Waals surface area contributed by atoms with E-state index in [1.807, 2.05) is 0 Å². The number of sulfonamides is 1. The van der Waals surface area contributed by atoms with Crippen LogP contribution in [0.1, 0.15) is 0 Å². The van der Waals surface area contributed by atoms with Crippen molar-refractivity contribution in [2.75, 3.05) is 4.72 Å². The first kappa shape index (κ1) is 14.2. The van der Waals surface area contributed by atoms with E-state index < -0.39 is 15.8 Å². The van der Waals surface area contributed by atoms with Crippen LogP contribution in [0, 0.1) is 5.82 Å². The summed E-state index contributed by atoms with van der Waals surface area (Å²) in [4.78, 5) is 3.66. The maximum absolute atomic E-state index is 12.9. The quantitative estimate of drug-likeness (QED) is 0.848. The summed E-state index contributed by atoms with van der Waals surface area (Å²) in [6, 6.07) is 6.34. The molecule has 8 heteroatoms. The van der Waals surface area contributed by atoms with Gasteiger partial charge in [0.05, 0.1) is 5.69 Å². The maximum atomic E-state index is 12.9. The van der Waals surface area contributed by atoms with Gasteiger partial charge in [0.2, 0.25) is 0 Å². The van der Waals surface area contributed by atoms with Crippen LogP contribution in [0.4, 0.5) is 10.1 Å². The van der Waals surface area contributed by atoms with Crippen molar-refractivity contribution in [1.29, 1.82) is 0 Å². The van der Waals surface area contributed by atoms with E-state index >= 15 is 0 Å².